The van der Waals surface area contributed by atoms with Crippen molar-refractivity contribution in [3.8, 4) is 0 Å². The van der Waals surface area contributed by atoms with Crippen molar-refractivity contribution in [1.29, 1.82) is 0 Å². The fourth-order valence-electron chi connectivity index (χ4n) is 4.09. The molecule has 1 unspecified atom stereocenters. The second-order valence-corrected chi connectivity index (χ2v) is 7.39. The predicted molar refractivity (Wildman–Crippen MR) is 107 cm³/mol. The number of esters is 1. The van der Waals surface area contributed by atoms with Crippen LogP contribution in [0.4, 0.5) is 5.69 Å². The fraction of sp³-hybridized carbons (Fsp3) is 0.500. The number of hydrogen-bond donors (Lipinski definition) is 0. The number of carbonyl (C=O) groups excluding carboxylic acids is 1. The molecule has 0 bridgehead atoms. The molecule has 0 N–H and O–H groups in total. The first-order chi connectivity index (χ1) is 13.5. The van der Waals surface area contributed by atoms with Gasteiger partial charge in [0.05, 0.1) is 35.6 Å². The van der Waals surface area contributed by atoms with Crippen LogP contribution in [0.5, 0.6) is 0 Å². The average Bonchev–Trinajstić information content (AvgIpc) is 3.25. The summed E-state index contributed by atoms with van der Waals surface area (Å²) in [6.07, 6.45) is 7.68. The van der Waals surface area contributed by atoms with Gasteiger partial charge in [-0.05, 0) is 39.2 Å². The second kappa shape index (κ2) is 7.26. The van der Waals surface area contributed by atoms with Crippen LogP contribution < -0.4 is 4.90 Å². The number of carbonyl (C=O) groups is 1. The molecule has 1 saturated heterocycles. The average molecular weight is 382 g/mol. The third-order valence-electron chi connectivity index (χ3n) is 5.31. The summed E-state index contributed by atoms with van der Waals surface area (Å²) < 4.78 is 9.13. The van der Waals surface area contributed by atoms with E-state index in [-0.39, 0.29) is 12.0 Å². The highest BCUT2D eigenvalue weighted by molar-refractivity contribution is 6.05. The molecule has 1 fully saturated rings. The SMILES string of the molecule is CCOC(=O)c1cnc2c(c(C)nn2C)c1N1CCCC(n2cc(C)cn2)C1. The molecule has 0 aromatic carbocycles. The minimum Gasteiger partial charge on any atom is -0.462 e. The maximum absolute atomic E-state index is 12.7. The van der Waals surface area contributed by atoms with Crippen LogP contribution >= 0.6 is 0 Å². The number of aromatic nitrogens is 5. The number of rotatable bonds is 4. The van der Waals surface area contributed by atoms with Crippen molar-refractivity contribution in [2.24, 2.45) is 7.05 Å². The van der Waals surface area contributed by atoms with E-state index < -0.39 is 0 Å². The molecule has 1 aliphatic rings. The Balaban J connectivity index is 1.81. The zero-order chi connectivity index (χ0) is 19.8. The highest BCUT2D eigenvalue weighted by Crippen LogP contribution is 2.35. The molecular weight excluding hydrogens is 356 g/mol. The molecule has 0 aliphatic carbocycles. The van der Waals surface area contributed by atoms with Gasteiger partial charge in [-0.2, -0.15) is 10.2 Å². The Morgan fingerprint density at radius 2 is 2.14 bits per heavy atom. The van der Waals surface area contributed by atoms with Crippen LogP contribution in [0.1, 0.15) is 47.4 Å². The number of anilines is 1. The van der Waals surface area contributed by atoms with Crippen LogP contribution in [0, 0.1) is 13.8 Å². The molecule has 28 heavy (non-hydrogen) atoms. The summed E-state index contributed by atoms with van der Waals surface area (Å²) in [6, 6.07) is 0.262. The van der Waals surface area contributed by atoms with Crippen molar-refractivity contribution < 1.29 is 9.53 Å². The zero-order valence-electron chi connectivity index (χ0n) is 16.8. The lowest BCUT2D eigenvalue weighted by molar-refractivity contribution is 0.0526. The van der Waals surface area contributed by atoms with E-state index in [0.717, 1.165) is 53.9 Å². The van der Waals surface area contributed by atoms with Gasteiger partial charge in [0.2, 0.25) is 0 Å². The monoisotopic (exact) mass is 382 g/mol. The first-order valence-corrected chi connectivity index (χ1v) is 9.74. The Hall–Kier alpha value is -2.90. The van der Waals surface area contributed by atoms with Crippen molar-refractivity contribution >= 4 is 22.7 Å². The molecule has 0 saturated carbocycles. The number of piperidine rings is 1. The summed E-state index contributed by atoms with van der Waals surface area (Å²) in [7, 11) is 1.88. The summed E-state index contributed by atoms with van der Waals surface area (Å²) in [5.74, 6) is -0.341. The van der Waals surface area contributed by atoms with Gasteiger partial charge in [0.15, 0.2) is 5.65 Å². The standard InChI is InChI=1S/C20H26N6O2/c1-5-28-20(27)16-10-21-19-17(14(3)23-24(19)4)18(16)25-8-6-7-15(12-25)26-11-13(2)9-22-26/h9-11,15H,5-8,12H2,1-4H3. The predicted octanol–water partition coefficient (Wildman–Crippen LogP) is 2.80. The first kappa shape index (κ1) is 18.5. The molecular formula is C20H26N6O2. The van der Waals surface area contributed by atoms with Gasteiger partial charge in [-0.1, -0.05) is 0 Å². The van der Waals surface area contributed by atoms with E-state index in [1.807, 2.05) is 38.7 Å². The lowest BCUT2D eigenvalue weighted by Crippen LogP contribution is -2.38. The normalized spacial score (nSPS) is 17.3. The van der Waals surface area contributed by atoms with Crippen molar-refractivity contribution in [2.45, 2.75) is 39.7 Å². The minimum absolute atomic E-state index is 0.262. The van der Waals surface area contributed by atoms with E-state index in [9.17, 15) is 4.79 Å². The summed E-state index contributed by atoms with van der Waals surface area (Å²) in [5, 5.41) is 9.96. The van der Waals surface area contributed by atoms with E-state index in [1.165, 1.54) is 0 Å². The van der Waals surface area contributed by atoms with Crippen LogP contribution in [-0.4, -0.2) is 50.2 Å². The molecule has 3 aromatic heterocycles. The molecule has 8 nitrogen and oxygen atoms in total. The fourth-order valence-corrected chi connectivity index (χ4v) is 4.09. The van der Waals surface area contributed by atoms with Crippen molar-refractivity contribution in [1.82, 2.24) is 24.5 Å². The molecule has 1 aliphatic heterocycles. The number of nitrogens with zero attached hydrogens (tertiary/aromatic N) is 6. The van der Waals surface area contributed by atoms with Gasteiger partial charge in [-0.25, -0.2) is 9.78 Å². The number of fused-ring (bicyclic) bond motifs is 1. The second-order valence-electron chi connectivity index (χ2n) is 7.39. The van der Waals surface area contributed by atoms with E-state index in [2.05, 4.69) is 26.3 Å². The van der Waals surface area contributed by atoms with Gasteiger partial charge in [-0.3, -0.25) is 9.36 Å². The molecule has 0 amide bonds. The topological polar surface area (TPSA) is 78.1 Å². The molecule has 4 rings (SSSR count). The molecule has 1 atom stereocenters. The summed E-state index contributed by atoms with van der Waals surface area (Å²) in [5.41, 5.74) is 4.17. The highest BCUT2D eigenvalue weighted by atomic mass is 16.5. The number of ether oxygens (including phenoxy) is 1. The maximum atomic E-state index is 12.7. The molecule has 3 aromatic rings. The summed E-state index contributed by atoms with van der Waals surface area (Å²) in [6.45, 7) is 7.81. The zero-order valence-corrected chi connectivity index (χ0v) is 16.8. The Kier molecular flexibility index (Phi) is 4.78. The Labute approximate surface area is 164 Å². The van der Waals surface area contributed by atoms with Gasteiger partial charge in [-0.15, -0.1) is 0 Å². The third-order valence-corrected chi connectivity index (χ3v) is 5.31. The first-order valence-electron chi connectivity index (χ1n) is 9.74. The lowest BCUT2D eigenvalue weighted by Gasteiger charge is -2.35. The van der Waals surface area contributed by atoms with Crippen molar-refractivity contribution in [3.05, 3.63) is 35.4 Å². The van der Waals surface area contributed by atoms with Gasteiger partial charge < -0.3 is 9.64 Å². The molecule has 4 heterocycles. The van der Waals surface area contributed by atoms with Gasteiger partial charge >= 0.3 is 5.97 Å². The number of aryl methyl sites for hydroxylation is 3. The number of pyridine rings is 1. The Morgan fingerprint density at radius 1 is 1.32 bits per heavy atom. The van der Waals surface area contributed by atoms with E-state index in [0.29, 0.717) is 12.2 Å². The van der Waals surface area contributed by atoms with Gasteiger partial charge in [0, 0.05) is 32.5 Å². The maximum Gasteiger partial charge on any atom is 0.341 e. The molecule has 8 heteroatoms. The van der Waals surface area contributed by atoms with Crippen molar-refractivity contribution in [2.75, 3.05) is 24.6 Å². The molecule has 0 radical (unpaired) electrons. The summed E-state index contributed by atoms with van der Waals surface area (Å²) in [4.78, 5) is 19.5. The van der Waals surface area contributed by atoms with E-state index in [4.69, 9.17) is 4.74 Å². The van der Waals surface area contributed by atoms with Crippen LogP contribution in [0.25, 0.3) is 11.0 Å². The molecule has 0 spiro atoms. The smallest absolute Gasteiger partial charge is 0.341 e. The van der Waals surface area contributed by atoms with Crippen molar-refractivity contribution in [3.63, 3.8) is 0 Å². The van der Waals surface area contributed by atoms with Crippen LogP contribution in [0.2, 0.25) is 0 Å². The highest BCUT2D eigenvalue weighted by Gasteiger charge is 2.29. The lowest BCUT2D eigenvalue weighted by atomic mass is 10.0. The minimum atomic E-state index is -0.341. The van der Waals surface area contributed by atoms with Crippen LogP contribution in [0.3, 0.4) is 0 Å². The third kappa shape index (κ3) is 3.12. The van der Waals surface area contributed by atoms with Gasteiger partial charge in [0.1, 0.15) is 5.56 Å². The Morgan fingerprint density at radius 3 is 2.86 bits per heavy atom. The van der Waals surface area contributed by atoms with Crippen LogP contribution in [-0.2, 0) is 11.8 Å². The summed E-state index contributed by atoms with van der Waals surface area (Å²) >= 11 is 0. The van der Waals surface area contributed by atoms with Gasteiger partial charge in [0.25, 0.3) is 0 Å². The van der Waals surface area contributed by atoms with E-state index in [1.54, 1.807) is 10.9 Å². The Bertz CT molecular complexity index is 1020. The number of hydrogen-bond acceptors (Lipinski definition) is 6. The molecule has 148 valence electrons. The van der Waals surface area contributed by atoms with Crippen LogP contribution in [0.15, 0.2) is 18.6 Å². The largest absolute Gasteiger partial charge is 0.462 e. The van der Waals surface area contributed by atoms with E-state index >= 15 is 0 Å². The quantitative estimate of drug-likeness (QED) is 0.646.